The lowest BCUT2D eigenvalue weighted by molar-refractivity contribution is 0.369. The van der Waals surface area contributed by atoms with Crippen molar-refractivity contribution >= 4 is 21.6 Å². The maximum absolute atomic E-state index is 8.77. The van der Waals surface area contributed by atoms with Crippen molar-refractivity contribution in [1.29, 1.82) is 5.26 Å². The molecular formula is C13H10N4OS. The summed E-state index contributed by atoms with van der Waals surface area (Å²) >= 11 is 1.63. The summed E-state index contributed by atoms with van der Waals surface area (Å²) in [5.41, 5.74) is 1.80. The molecule has 3 heterocycles. The molecule has 0 aliphatic carbocycles. The number of pyridine rings is 1. The minimum Gasteiger partial charge on any atom is -0.339 e. The highest BCUT2D eigenvalue weighted by atomic mass is 32.1. The van der Waals surface area contributed by atoms with Gasteiger partial charge in [-0.05, 0) is 24.4 Å². The molecule has 1 unspecified atom stereocenters. The summed E-state index contributed by atoms with van der Waals surface area (Å²) in [5.74, 6) is 0.865. The molecule has 0 saturated carbocycles. The molecule has 0 saturated heterocycles. The first kappa shape index (κ1) is 11.8. The van der Waals surface area contributed by atoms with Gasteiger partial charge in [0.15, 0.2) is 0 Å². The van der Waals surface area contributed by atoms with E-state index < -0.39 is 0 Å². The number of hydrogen-bond acceptors (Lipinski definition) is 6. The first-order valence-corrected chi connectivity index (χ1v) is 6.70. The van der Waals surface area contributed by atoms with Crippen LogP contribution in [0.15, 0.2) is 28.2 Å². The minimum atomic E-state index is -0.133. The van der Waals surface area contributed by atoms with Crippen LogP contribution in [0.1, 0.15) is 12.8 Å². The molecule has 3 aromatic rings. The van der Waals surface area contributed by atoms with Crippen molar-refractivity contribution in [3.05, 3.63) is 29.6 Å². The highest BCUT2D eigenvalue weighted by molar-refractivity contribution is 7.17. The zero-order chi connectivity index (χ0) is 13.2. The quantitative estimate of drug-likeness (QED) is 0.731. The molecule has 19 heavy (non-hydrogen) atoms. The van der Waals surface area contributed by atoms with Crippen LogP contribution < -0.4 is 0 Å². The number of nitrogens with zero attached hydrogens (tertiary/aromatic N) is 4. The van der Waals surface area contributed by atoms with Crippen LogP contribution in [0.3, 0.4) is 0 Å². The Bertz CT molecular complexity index is 755. The predicted molar refractivity (Wildman–Crippen MR) is 71.4 cm³/mol. The first-order chi connectivity index (χ1) is 9.26. The van der Waals surface area contributed by atoms with Crippen LogP contribution >= 0.6 is 11.3 Å². The van der Waals surface area contributed by atoms with Gasteiger partial charge < -0.3 is 4.52 Å². The monoisotopic (exact) mass is 270 g/mol. The molecule has 6 heteroatoms. The van der Waals surface area contributed by atoms with E-state index in [-0.39, 0.29) is 5.92 Å². The molecule has 0 bridgehead atoms. The maximum Gasteiger partial charge on any atom is 0.228 e. The van der Waals surface area contributed by atoms with E-state index in [9.17, 15) is 0 Å². The highest BCUT2D eigenvalue weighted by Crippen LogP contribution is 2.24. The van der Waals surface area contributed by atoms with Crippen molar-refractivity contribution in [2.45, 2.75) is 13.3 Å². The van der Waals surface area contributed by atoms with Gasteiger partial charge in [0.25, 0.3) is 0 Å². The summed E-state index contributed by atoms with van der Waals surface area (Å²) in [5, 5.41) is 14.7. The molecule has 0 aromatic carbocycles. The lowest BCUT2D eigenvalue weighted by atomic mass is 10.1. The molecule has 94 valence electrons. The van der Waals surface area contributed by atoms with Crippen molar-refractivity contribution in [1.82, 2.24) is 15.1 Å². The number of rotatable bonds is 3. The minimum absolute atomic E-state index is 0.133. The number of nitriles is 1. The summed E-state index contributed by atoms with van der Waals surface area (Å²) in [4.78, 5) is 8.64. The summed E-state index contributed by atoms with van der Waals surface area (Å²) < 4.78 is 6.24. The molecule has 3 aromatic heterocycles. The molecule has 5 nitrogen and oxygen atoms in total. The van der Waals surface area contributed by atoms with Crippen molar-refractivity contribution < 1.29 is 4.52 Å². The summed E-state index contributed by atoms with van der Waals surface area (Å²) in [6, 6.07) is 6.11. The zero-order valence-electron chi connectivity index (χ0n) is 10.2. The van der Waals surface area contributed by atoms with Crippen molar-refractivity contribution in [2.24, 2.45) is 5.92 Å². The van der Waals surface area contributed by atoms with Crippen LogP contribution in [0.5, 0.6) is 0 Å². The van der Waals surface area contributed by atoms with Gasteiger partial charge in [-0.1, -0.05) is 5.16 Å². The second kappa shape index (κ2) is 4.78. The largest absolute Gasteiger partial charge is 0.339 e. The first-order valence-electron chi connectivity index (χ1n) is 5.82. The van der Waals surface area contributed by atoms with Crippen molar-refractivity contribution in [3.63, 3.8) is 0 Å². The number of aromatic nitrogens is 3. The molecule has 0 aliphatic heterocycles. The van der Waals surface area contributed by atoms with Crippen LogP contribution in [-0.4, -0.2) is 15.1 Å². The molecular weight excluding hydrogens is 260 g/mol. The van der Waals surface area contributed by atoms with Crippen LogP contribution in [0, 0.1) is 17.2 Å². The third-order valence-electron chi connectivity index (χ3n) is 2.73. The molecule has 0 amide bonds. The third kappa shape index (κ3) is 2.33. The Morgan fingerprint density at radius 1 is 1.53 bits per heavy atom. The van der Waals surface area contributed by atoms with Gasteiger partial charge >= 0.3 is 0 Å². The Labute approximate surface area is 113 Å². The highest BCUT2D eigenvalue weighted by Gasteiger charge is 2.12. The predicted octanol–water partition coefficient (Wildman–Crippen LogP) is 3.05. The molecule has 0 radical (unpaired) electrons. The summed E-state index contributed by atoms with van der Waals surface area (Å²) in [6.07, 6.45) is 2.20. The van der Waals surface area contributed by atoms with E-state index in [1.807, 2.05) is 24.4 Å². The fourth-order valence-corrected chi connectivity index (χ4v) is 2.51. The second-order valence-corrected chi connectivity index (χ2v) is 5.22. The smallest absolute Gasteiger partial charge is 0.228 e. The molecule has 3 rings (SSSR count). The second-order valence-electron chi connectivity index (χ2n) is 4.27. The molecule has 0 spiro atoms. The Morgan fingerprint density at radius 3 is 3.26 bits per heavy atom. The van der Waals surface area contributed by atoms with Gasteiger partial charge in [-0.3, -0.25) is 4.98 Å². The average molecular weight is 270 g/mol. The van der Waals surface area contributed by atoms with Crippen LogP contribution in [0.4, 0.5) is 0 Å². The van der Waals surface area contributed by atoms with Crippen LogP contribution in [-0.2, 0) is 6.42 Å². The Balaban J connectivity index is 1.91. The number of fused-ring (bicyclic) bond motifs is 1. The SMILES string of the molecule is CC(C#N)Cc1nc(-c2cnc3ccsc3c2)no1. The van der Waals surface area contributed by atoms with Gasteiger partial charge in [-0.25, -0.2) is 0 Å². The third-order valence-corrected chi connectivity index (χ3v) is 3.58. The van der Waals surface area contributed by atoms with Gasteiger partial charge in [0.2, 0.25) is 11.7 Å². The number of hydrogen-bond donors (Lipinski definition) is 0. The Kier molecular flexibility index (Phi) is 2.97. The Morgan fingerprint density at radius 2 is 2.42 bits per heavy atom. The Hall–Kier alpha value is -2.26. The fraction of sp³-hybridized carbons (Fsp3) is 0.231. The van der Waals surface area contributed by atoms with Crippen molar-refractivity contribution in [3.8, 4) is 17.5 Å². The van der Waals surface area contributed by atoms with E-state index in [4.69, 9.17) is 9.78 Å². The normalized spacial score (nSPS) is 12.4. The maximum atomic E-state index is 8.77. The van der Waals surface area contributed by atoms with E-state index in [1.165, 1.54) is 0 Å². The van der Waals surface area contributed by atoms with E-state index in [2.05, 4.69) is 21.2 Å². The van der Waals surface area contributed by atoms with E-state index in [0.717, 1.165) is 15.8 Å². The molecule has 0 fully saturated rings. The topological polar surface area (TPSA) is 75.6 Å². The fourth-order valence-electron chi connectivity index (χ4n) is 1.73. The number of thiophene rings is 1. The van der Waals surface area contributed by atoms with E-state index in [1.54, 1.807) is 17.5 Å². The van der Waals surface area contributed by atoms with Gasteiger partial charge in [-0.15, -0.1) is 11.3 Å². The van der Waals surface area contributed by atoms with Gasteiger partial charge in [0.1, 0.15) is 0 Å². The molecule has 1 atom stereocenters. The van der Waals surface area contributed by atoms with Gasteiger partial charge in [-0.2, -0.15) is 10.2 Å². The molecule has 0 N–H and O–H groups in total. The van der Waals surface area contributed by atoms with E-state index >= 15 is 0 Å². The zero-order valence-corrected chi connectivity index (χ0v) is 11.0. The average Bonchev–Trinajstić information content (AvgIpc) is 3.05. The lowest BCUT2D eigenvalue weighted by Gasteiger charge is -1.94. The summed E-state index contributed by atoms with van der Waals surface area (Å²) in [7, 11) is 0. The van der Waals surface area contributed by atoms with Gasteiger partial charge in [0, 0.05) is 18.2 Å². The summed E-state index contributed by atoms with van der Waals surface area (Å²) in [6.45, 7) is 1.82. The lowest BCUT2D eigenvalue weighted by Crippen LogP contribution is -1.96. The standard InChI is InChI=1S/C13H10N4OS/c1-8(6-14)4-12-16-13(17-18-12)9-5-11-10(15-7-9)2-3-19-11/h2-3,5,7-8H,4H2,1H3. The molecule has 0 aliphatic rings. The van der Waals surface area contributed by atoms with Crippen molar-refractivity contribution in [2.75, 3.05) is 0 Å². The van der Waals surface area contributed by atoms with E-state index in [0.29, 0.717) is 18.1 Å². The van der Waals surface area contributed by atoms with Crippen LogP contribution in [0.2, 0.25) is 0 Å². The van der Waals surface area contributed by atoms with Gasteiger partial charge in [0.05, 0.1) is 22.2 Å². The van der Waals surface area contributed by atoms with Crippen LogP contribution in [0.25, 0.3) is 21.6 Å².